The van der Waals surface area contributed by atoms with Gasteiger partial charge in [0.1, 0.15) is 0 Å². The third-order valence-corrected chi connectivity index (χ3v) is 4.18. The molecule has 1 unspecified atom stereocenters. The highest BCUT2D eigenvalue weighted by Crippen LogP contribution is 2.27. The predicted molar refractivity (Wildman–Crippen MR) is 86.5 cm³/mol. The topological polar surface area (TPSA) is 49.6 Å². The number of piperazine rings is 1. The van der Waals surface area contributed by atoms with E-state index in [1.807, 2.05) is 23.1 Å². The van der Waals surface area contributed by atoms with E-state index in [1.54, 1.807) is 0 Å². The highest BCUT2D eigenvalue weighted by Gasteiger charge is 2.31. The van der Waals surface area contributed by atoms with Gasteiger partial charge in [0.05, 0.1) is 6.04 Å². The lowest BCUT2D eigenvalue weighted by molar-refractivity contribution is 0.0513. The van der Waals surface area contributed by atoms with Crippen LogP contribution in [0.15, 0.2) is 24.3 Å². The van der Waals surface area contributed by atoms with Crippen molar-refractivity contribution in [2.24, 2.45) is 5.73 Å². The number of hydrogen-bond donors (Lipinski definition) is 1. The monoisotopic (exact) mass is 289 g/mol. The Morgan fingerprint density at radius 1 is 1.29 bits per heavy atom. The van der Waals surface area contributed by atoms with E-state index in [0.717, 1.165) is 30.8 Å². The zero-order valence-corrected chi connectivity index (χ0v) is 13.6. The zero-order valence-electron chi connectivity index (χ0n) is 13.6. The molecule has 1 aliphatic rings. The van der Waals surface area contributed by atoms with E-state index in [4.69, 9.17) is 5.73 Å². The van der Waals surface area contributed by atoms with E-state index >= 15 is 0 Å². The van der Waals surface area contributed by atoms with Crippen LogP contribution in [-0.4, -0.2) is 55.0 Å². The molecule has 1 aliphatic heterocycles. The van der Waals surface area contributed by atoms with Crippen LogP contribution in [0.5, 0.6) is 0 Å². The lowest BCUT2D eigenvalue weighted by Gasteiger charge is -2.40. The zero-order chi connectivity index (χ0) is 15.6. The lowest BCUT2D eigenvalue weighted by atomic mass is 9.83. The summed E-state index contributed by atoms with van der Waals surface area (Å²) in [6, 6.07) is 8.04. The molecule has 2 N–H and O–H groups in total. The van der Waals surface area contributed by atoms with Crippen LogP contribution < -0.4 is 5.73 Å². The molecule has 1 atom stereocenters. The molecule has 2 rings (SSSR count). The summed E-state index contributed by atoms with van der Waals surface area (Å²) < 4.78 is 0. The molecule has 1 aromatic carbocycles. The Balaban J connectivity index is 2.32. The van der Waals surface area contributed by atoms with Crippen LogP contribution in [-0.2, 0) is 5.41 Å². The van der Waals surface area contributed by atoms with Crippen molar-refractivity contribution in [2.75, 3.05) is 33.2 Å². The standard InChI is InChI=1S/C17H27N3O/c1-17(2,3)15-8-6-5-7-14(15)16(21)20-10-9-19(4)12-13(20)11-18/h5-8,13H,9-12,18H2,1-4H3. The van der Waals surface area contributed by atoms with Crippen molar-refractivity contribution in [1.29, 1.82) is 0 Å². The summed E-state index contributed by atoms with van der Waals surface area (Å²) in [5, 5.41) is 0. The van der Waals surface area contributed by atoms with Crippen LogP contribution in [0.3, 0.4) is 0 Å². The third kappa shape index (κ3) is 3.44. The number of carbonyl (C=O) groups is 1. The van der Waals surface area contributed by atoms with Gasteiger partial charge in [-0.3, -0.25) is 4.79 Å². The summed E-state index contributed by atoms with van der Waals surface area (Å²) >= 11 is 0. The van der Waals surface area contributed by atoms with Gasteiger partial charge < -0.3 is 15.5 Å². The summed E-state index contributed by atoms with van der Waals surface area (Å²) in [4.78, 5) is 17.2. The van der Waals surface area contributed by atoms with Gasteiger partial charge in [-0.15, -0.1) is 0 Å². The summed E-state index contributed by atoms with van der Waals surface area (Å²) in [6.45, 7) is 9.43. The van der Waals surface area contributed by atoms with E-state index in [-0.39, 0.29) is 17.4 Å². The summed E-state index contributed by atoms with van der Waals surface area (Å²) in [6.07, 6.45) is 0. The Morgan fingerprint density at radius 2 is 1.95 bits per heavy atom. The molecule has 0 saturated carbocycles. The molecule has 4 heteroatoms. The Kier molecular flexibility index (Phi) is 4.69. The molecule has 0 aromatic heterocycles. The van der Waals surface area contributed by atoms with Crippen LogP contribution >= 0.6 is 0 Å². The normalized spacial score (nSPS) is 20.6. The largest absolute Gasteiger partial charge is 0.332 e. The molecule has 4 nitrogen and oxygen atoms in total. The predicted octanol–water partition coefficient (Wildman–Crippen LogP) is 1.70. The van der Waals surface area contributed by atoms with Gasteiger partial charge in [0.25, 0.3) is 5.91 Å². The minimum Gasteiger partial charge on any atom is -0.332 e. The maximum absolute atomic E-state index is 13.0. The Bertz CT molecular complexity index is 507. The van der Waals surface area contributed by atoms with E-state index in [1.165, 1.54) is 0 Å². The minimum atomic E-state index is -0.0446. The SMILES string of the molecule is CN1CCN(C(=O)c2ccccc2C(C)(C)C)C(CN)C1. The van der Waals surface area contributed by atoms with Gasteiger partial charge in [0.15, 0.2) is 0 Å². The molecule has 0 aliphatic carbocycles. The Labute approximate surface area is 127 Å². The molecule has 116 valence electrons. The number of nitrogens with two attached hydrogens (primary N) is 1. The maximum Gasteiger partial charge on any atom is 0.254 e. The molecule has 1 fully saturated rings. The van der Waals surface area contributed by atoms with Crippen molar-refractivity contribution < 1.29 is 4.79 Å². The number of amides is 1. The fraction of sp³-hybridized carbons (Fsp3) is 0.588. The van der Waals surface area contributed by atoms with Crippen LogP contribution in [0, 0.1) is 0 Å². The molecule has 0 radical (unpaired) electrons. The van der Waals surface area contributed by atoms with E-state index < -0.39 is 0 Å². The fourth-order valence-electron chi connectivity index (χ4n) is 2.96. The van der Waals surface area contributed by atoms with Crippen molar-refractivity contribution in [1.82, 2.24) is 9.80 Å². The van der Waals surface area contributed by atoms with Crippen LogP contribution in [0.4, 0.5) is 0 Å². The first-order valence-corrected chi connectivity index (χ1v) is 7.63. The maximum atomic E-state index is 13.0. The van der Waals surface area contributed by atoms with Gasteiger partial charge in [-0.05, 0) is 24.1 Å². The van der Waals surface area contributed by atoms with Crippen molar-refractivity contribution >= 4 is 5.91 Å². The fourth-order valence-corrected chi connectivity index (χ4v) is 2.96. The van der Waals surface area contributed by atoms with Crippen molar-refractivity contribution in [3.63, 3.8) is 0 Å². The van der Waals surface area contributed by atoms with Crippen molar-refractivity contribution in [3.8, 4) is 0 Å². The van der Waals surface area contributed by atoms with Crippen LogP contribution in [0.1, 0.15) is 36.7 Å². The highest BCUT2D eigenvalue weighted by molar-refractivity contribution is 5.96. The number of rotatable bonds is 2. The Morgan fingerprint density at radius 3 is 2.57 bits per heavy atom. The number of nitrogens with zero attached hydrogens (tertiary/aromatic N) is 2. The molecular formula is C17H27N3O. The van der Waals surface area contributed by atoms with Gasteiger partial charge in [0.2, 0.25) is 0 Å². The molecule has 0 bridgehead atoms. The Hall–Kier alpha value is -1.39. The van der Waals surface area contributed by atoms with Crippen LogP contribution in [0.2, 0.25) is 0 Å². The highest BCUT2D eigenvalue weighted by atomic mass is 16.2. The first-order valence-electron chi connectivity index (χ1n) is 7.63. The molecule has 1 saturated heterocycles. The smallest absolute Gasteiger partial charge is 0.254 e. The molecule has 0 spiro atoms. The summed E-state index contributed by atoms with van der Waals surface area (Å²) in [5.41, 5.74) is 7.74. The van der Waals surface area contributed by atoms with Gasteiger partial charge in [-0.2, -0.15) is 0 Å². The second-order valence-electron chi connectivity index (χ2n) is 6.95. The van der Waals surface area contributed by atoms with Gasteiger partial charge in [-0.25, -0.2) is 0 Å². The molecular weight excluding hydrogens is 262 g/mol. The number of carbonyl (C=O) groups excluding carboxylic acids is 1. The van der Waals surface area contributed by atoms with E-state index in [0.29, 0.717) is 6.54 Å². The first kappa shape index (κ1) is 16.0. The van der Waals surface area contributed by atoms with Gasteiger partial charge >= 0.3 is 0 Å². The van der Waals surface area contributed by atoms with Crippen molar-refractivity contribution in [3.05, 3.63) is 35.4 Å². The second-order valence-corrected chi connectivity index (χ2v) is 6.95. The average molecular weight is 289 g/mol. The number of likely N-dealkylation sites (N-methyl/N-ethyl adjacent to an activating group) is 1. The number of hydrogen-bond acceptors (Lipinski definition) is 3. The molecule has 1 amide bonds. The van der Waals surface area contributed by atoms with Crippen LogP contribution in [0.25, 0.3) is 0 Å². The molecule has 1 aromatic rings. The van der Waals surface area contributed by atoms with Gasteiger partial charge in [-0.1, -0.05) is 39.0 Å². The second kappa shape index (κ2) is 6.16. The molecule has 1 heterocycles. The summed E-state index contributed by atoms with van der Waals surface area (Å²) in [5.74, 6) is 0.115. The van der Waals surface area contributed by atoms with Gasteiger partial charge in [0, 0.05) is 31.7 Å². The minimum absolute atomic E-state index is 0.0446. The quantitative estimate of drug-likeness (QED) is 0.901. The molecule has 21 heavy (non-hydrogen) atoms. The average Bonchev–Trinajstić information content (AvgIpc) is 2.45. The van der Waals surface area contributed by atoms with E-state index in [9.17, 15) is 4.79 Å². The first-order chi connectivity index (χ1) is 9.84. The summed E-state index contributed by atoms with van der Waals surface area (Å²) in [7, 11) is 2.08. The number of benzene rings is 1. The lowest BCUT2D eigenvalue weighted by Crippen LogP contribution is -2.57. The van der Waals surface area contributed by atoms with Crippen molar-refractivity contribution in [2.45, 2.75) is 32.2 Å². The third-order valence-electron chi connectivity index (χ3n) is 4.18. The van der Waals surface area contributed by atoms with E-state index in [2.05, 4.69) is 38.8 Å².